The number of fused-ring (bicyclic) bond motifs is 1. The number of aryl methyl sites for hydroxylation is 1. The van der Waals surface area contributed by atoms with Crippen LogP contribution in [0.2, 0.25) is 0 Å². The molecular weight excluding hydrogens is 252 g/mol. The molecule has 15 heavy (non-hydrogen) atoms. The van der Waals surface area contributed by atoms with Gasteiger partial charge in [0.2, 0.25) is 0 Å². The van der Waals surface area contributed by atoms with Crippen LogP contribution >= 0.6 is 15.9 Å². The first-order chi connectivity index (χ1) is 7.08. The van der Waals surface area contributed by atoms with Crippen LogP contribution < -0.4 is 0 Å². The Morgan fingerprint density at radius 2 is 2.13 bits per heavy atom. The van der Waals surface area contributed by atoms with E-state index in [1.165, 1.54) is 24.1 Å². The quantitative estimate of drug-likeness (QED) is 0.771. The Balaban J connectivity index is 2.25. The summed E-state index contributed by atoms with van der Waals surface area (Å²) in [5, 5.41) is 0. The molecule has 3 rings (SSSR count). The molecule has 0 radical (unpaired) electrons. The van der Waals surface area contributed by atoms with Crippen LogP contribution in [0, 0.1) is 6.92 Å². The molecule has 1 aliphatic rings. The van der Waals surface area contributed by atoms with E-state index in [9.17, 15) is 0 Å². The van der Waals surface area contributed by atoms with Crippen molar-refractivity contribution in [2.45, 2.75) is 32.1 Å². The second kappa shape index (κ2) is 2.85. The van der Waals surface area contributed by atoms with Gasteiger partial charge in [-0.2, -0.15) is 0 Å². The Kier molecular flexibility index (Phi) is 1.78. The maximum absolute atomic E-state index is 4.73. The molecule has 3 heteroatoms. The molecule has 0 saturated heterocycles. The minimum absolute atomic E-state index is 0.352. The number of rotatable bonds is 1. The molecular formula is C12H13BrN2. The Morgan fingerprint density at radius 1 is 1.40 bits per heavy atom. The molecule has 0 bridgehead atoms. The lowest BCUT2D eigenvalue weighted by molar-refractivity contribution is 0.759. The topological polar surface area (TPSA) is 17.3 Å². The van der Waals surface area contributed by atoms with Crippen LogP contribution in [0.5, 0.6) is 0 Å². The predicted octanol–water partition coefficient (Wildman–Crippen LogP) is 3.46. The van der Waals surface area contributed by atoms with E-state index < -0.39 is 0 Å². The van der Waals surface area contributed by atoms with Crippen molar-refractivity contribution in [1.82, 2.24) is 9.38 Å². The number of hydrogen-bond donors (Lipinski definition) is 0. The van der Waals surface area contributed by atoms with Gasteiger partial charge in [-0.3, -0.25) is 0 Å². The van der Waals surface area contributed by atoms with Crippen molar-refractivity contribution >= 4 is 21.6 Å². The molecule has 2 aromatic rings. The van der Waals surface area contributed by atoms with Gasteiger partial charge in [-0.05, 0) is 47.3 Å². The standard InChI is InChI=1S/C12H13BrN2/c1-8-5-9(13)6-15-7-10(14-11(8)15)12(2)3-4-12/h5-7H,3-4H2,1-2H3. The van der Waals surface area contributed by atoms with Gasteiger partial charge < -0.3 is 4.40 Å². The summed E-state index contributed by atoms with van der Waals surface area (Å²) in [5.41, 5.74) is 3.90. The molecule has 1 aliphatic carbocycles. The summed E-state index contributed by atoms with van der Waals surface area (Å²) in [6.07, 6.45) is 6.79. The van der Waals surface area contributed by atoms with E-state index in [2.05, 4.69) is 52.6 Å². The summed E-state index contributed by atoms with van der Waals surface area (Å²) >= 11 is 3.51. The smallest absolute Gasteiger partial charge is 0.140 e. The van der Waals surface area contributed by atoms with Crippen molar-refractivity contribution in [3.8, 4) is 0 Å². The van der Waals surface area contributed by atoms with Gasteiger partial charge in [-0.1, -0.05) is 6.92 Å². The largest absolute Gasteiger partial charge is 0.305 e. The van der Waals surface area contributed by atoms with Crippen LogP contribution in [0.15, 0.2) is 22.9 Å². The van der Waals surface area contributed by atoms with Crippen LogP contribution in [0.1, 0.15) is 31.0 Å². The summed E-state index contributed by atoms with van der Waals surface area (Å²) in [5.74, 6) is 0. The zero-order valence-electron chi connectivity index (χ0n) is 8.92. The van der Waals surface area contributed by atoms with E-state index in [4.69, 9.17) is 4.98 Å². The third kappa shape index (κ3) is 1.41. The van der Waals surface area contributed by atoms with Crippen LogP contribution in [-0.4, -0.2) is 9.38 Å². The molecule has 0 atom stereocenters. The minimum atomic E-state index is 0.352. The average Bonchev–Trinajstić information content (AvgIpc) is 2.77. The maximum Gasteiger partial charge on any atom is 0.140 e. The second-order valence-electron chi connectivity index (χ2n) is 4.76. The van der Waals surface area contributed by atoms with Gasteiger partial charge in [-0.15, -0.1) is 0 Å². The minimum Gasteiger partial charge on any atom is -0.305 e. The molecule has 2 heterocycles. The molecule has 1 saturated carbocycles. The third-order valence-electron chi connectivity index (χ3n) is 3.32. The molecule has 0 aromatic carbocycles. The molecule has 2 aromatic heterocycles. The first kappa shape index (κ1) is 9.40. The van der Waals surface area contributed by atoms with E-state index >= 15 is 0 Å². The number of pyridine rings is 1. The van der Waals surface area contributed by atoms with Gasteiger partial charge in [0, 0.05) is 22.3 Å². The van der Waals surface area contributed by atoms with Gasteiger partial charge in [0.25, 0.3) is 0 Å². The number of halogens is 1. The Labute approximate surface area is 97.5 Å². The zero-order valence-corrected chi connectivity index (χ0v) is 10.5. The van der Waals surface area contributed by atoms with Crippen molar-refractivity contribution in [3.05, 3.63) is 34.2 Å². The maximum atomic E-state index is 4.73. The van der Waals surface area contributed by atoms with Crippen molar-refractivity contribution in [1.29, 1.82) is 0 Å². The van der Waals surface area contributed by atoms with Gasteiger partial charge in [-0.25, -0.2) is 4.98 Å². The number of imidazole rings is 1. The molecule has 0 amide bonds. The van der Waals surface area contributed by atoms with E-state index in [0.29, 0.717) is 5.41 Å². The van der Waals surface area contributed by atoms with E-state index in [-0.39, 0.29) is 0 Å². The number of nitrogens with zero attached hydrogens (tertiary/aromatic N) is 2. The number of hydrogen-bond acceptors (Lipinski definition) is 1. The summed E-state index contributed by atoms with van der Waals surface area (Å²) in [6, 6.07) is 2.11. The highest BCUT2D eigenvalue weighted by Crippen LogP contribution is 2.47. The normalized spacial score (nSPS) is 18.3. The first-order valence-electron chi connectivity index (χ1n) is 5.24. The van der Waals surface area contributed by atoms with Crippen LogP contribution in [-0.2, 0) is 5.41 Å². The first-order valence-corrected chi connectivity index (χ1v) is 6.03. The van der Waals surface area contributed by atoms with Crippen LogP contribution in [0.25, 0.3) is 5.65 Å². The van der Waals surface area contributed by atoms with Gasteiger partial charge >= 0.3 is 0 Å². The Morgan fingerprint density at radius 3 is 2.80 bits per heavy atom. The van der Waals surface area contributed by atoms with Crippen LogP contribution in [0.4, 0.5) is 0 Å². The molecule has 0 spiro atoms. The molecule has 2 nitrogen and oxygen atoms in total. The van der Waals surface area contributed by atoms with E-state index in [0.717, 1.165) is 10.1 Å². The fourth-order valence-corrected chi connectivity index (χ4v) is 2.52. The van der Waals surface area contributed by atoms with Gasteiger partial charge in [0.05, 0.1) is 5.69 Å². The van der Waals surface area contributed by atoms with E-state index in [1.807, 2.05) is 0 Å². The van der Waals surface area contributed by atoms with Crippen molar-refractivity contribution < 1.29 is 0 Å². The van der Waals surface area contributed by atoms with Gasteiger partial charge in [0.15, 0.2) is 0 Å². The molecule has 0 N–H and O–H groups in total. The fourth-order valence-electron chi connectivity index (χ4n) is 1.96. The van der Waals surface area contributed by atoms with Crippen molar-refractivity contribution in [2.75, 3.05) is 0 Å². The van der Waals surface area contributed by atoms with E-state index in [1.54, 1.807) is 0 Å². The predicted molar refractivity (Wildman–Crippen MR) is 64.2 cm³/mol. The average molecular weight is 265 g/mol. The lowest BCUT2D eigenvalue weighted by Gasteiger charge is -2.00. The summed E-state index contributed by atoms with van der Waals surface area (Å²) in [4.78, 5) is 4.73. The highest BCUT2D eigenvalue weighted by atomic mass is 79.9. The summed E-state index contributed by atoms with van der Waals surface area (Å²) in [7, 11) is 0. The summed E-state index contributed by atoms with van der Waals surface area (Å²) in [6.45, 7) is 4.39. The van der Waals surface area contributed by atoms with Gasteiger partial charge in [0.1, 0.15) is 5.65 Å². The highest BCUT2D eigenvalue weighted by Gasteiger charge is 2.41. The lowest BCUT2D eigenvalue weighted by Crippen LogP contribution is -1.98. The molecule has 0 unspecified atom stereocenters. The second-order valence-corrected chi connectivity index (χ2v) is 5.67. The van der Waals surface area contributed by atoms with Crippen molar-refractivity contribution in [3.63, 3.8) is 0 Å². The third-order valence-corrected chi connectivity index (χ3v) is 3.75. The SMILES string of the molecule is Cc1cc(Br)cn2cc(C3(C)CC3)nc12. The van der Waals surface area contributed by atoms with Crippen molar-refractivity contribution in [2.24, 2.45) is 0 Å². The number of aromatic nitrogens is 2. The molecule has 78 valence electrons. The lowest BCUT2D eigenvalue weighted by atomic mass is 10.1. The summed E-state index contributed by atoms with van der Waals surface area (Å²) < 4.78 is 3.23. The highest BCUT2D eigenvalue weighted by molar-refractivity contribution is 9.10. The zero-order chi connectivity index (χ0) is 10.6. The van der Waals surface area contributed by atoms with Crippen LogP contribution in [0.3, 0.4) is 0 Å². The Bertz CT molecular complexity index is 538. The monoisotopic (exact) mass is 264 g/mol. The Hall–Kier alpha value is -0.830. The fraction of sp³-hybridized carbons (Fsp3) is 0.417. The molecule has 0 aliphatic heterocycles. The molecule has 1 fully saturated rings.